The van der Waals surface area contributed by atoms with Crippen molar-refractivity contribution in [3.63, 3.8) is 0 Å². The van der Waals surface area contributed by atoms with Gasteiger partial charge in [0.15, 0.2) is 0 Å². The number of hydrogen-bond acceptors (Lipinski definition) is 3. The third kappa shape index (κ3) is 3.02. The van der Waals surface area contributed by atoms with Crippen molar-refractivity contribution in [1.29, 1.82) is 0 Å². The number of carbonyl (C=O) groups excluding carboxylic acids is 2. The first-order chi connectivity index (χ1) is 11.5. The predicted octanol–water partition coefficient (Wildman–Crippen LogP) is 3.01. The van der Waals surface area contributed by atoms with E-state index in [4.69, 9.17) is 0 Å². The highest BCUT2D eigenvalue weighted by Gasteiger charge is 2.39. The molecular formula is C19H21N3O2. The molecule has 0 spiro atoms. The lowest BCUT2D eigenvalue weighted by Gasteiger charge is -2.25. The summed E-state index contributed by atoms with van der Waals surface area (Å²) in [6, 6.07) is 11.0. The van der Waals surface area contributed by atoms with E-state index in [-0.39, 0.29) is 30.3 Å². The van der Waals surface area contributed by atoms with E-state index in [0.29, 0.717) is 11.3 Å². The van der Waals surface area contributed by atoms with Crippen LogP contribution in [0.4, 0.5) is 5.69 Å². The molecule has 0 unspecified atom stereocenters. The smallest absolute Gasteiger partial charge is 0.260 e. The Morgan fingerprint density at radius 3 is 2.79 bits per heavy atom. The molecule has 1 aromatic heterocycles. The minimum atomic E-state index is -0.380. The molecular weight excluding hydrogens is 302 g/mol. The zero-order chi connectivity index (χ0) is 17.3. The van der Waals surface area contributed by atoms with Crippen molar-refractivity contribution in [1.82, 2.24) is 10.3 Å². The first-order valence-electron chi connectivity index (χ1n) is 8.12. The summed E-state index contributed by atoms with van der Waals surface area (Å²) in [5.41, 5.74) is 3.10. The van der Waals surface area contributed by atoms with Crippen LogP contribution in [0.3, 0.4) is 0 Å². The lowest BCUT2D eigenvalue weighted by Crippen LogP contribution is -2.35. The van der Waals surface area contributed by atoms with E-state index in [2.05, 4.69) is 10.3 Å². The fourth-order valence-electron chi connectivity index (χ4n) is 3.08. The molecule has 0 radical (unpaired) electrons. The summed E-state index contributed by atoms with van der Waals surface area (Å²) in [5.74, 6) is -0.190. The van der Waals surface area contributed by atoms with Gasteiger partial charge in [0.05, 0.1) is 23.7 Å². The summed E-state index contributed by atoms with van der Waals surface area (Å²) in [5, 5.41) is 2.89. The van der Waals surface area contributed by atoms with E-state index in [0.717, 1.165) is 11.3 Å². The predicted molar refractivity (Wildman–Crippen MR) is 92.9 cm³/mol. The van der Waals surface area contributed by atoms with Gasteiger partial charge >= 0.3 is 0 Å². The van der Waals surface area contributed by atoms with Crippen molar-refractivity contribution < 1.29 is 9.59 Å². The Kier molecular flexibility index (Phi) is 4.34. The molecule has 0 aliphatic carbocycles. The average molecular weight is 323 g/mol. The number of fused-ring (bicyclic) bond motifs is 1. The second kappa shape index (κ2) is 6.43. The van der Waals surface area contributed by atoms with Gasteiger partial charge < -0.3 is 5.32 Å². The van der Waals surface area contributed by atoms with Crippen LogP contribution >= 0.6 is 0 Å². The number of carbonyl (C=O) groups is 2. The summed E-state index contributed by atoms with van der Waals surface area (Å²) >= 11 is 0. The minimum absolute atomic E-state index is 0.0604. The average Bonchev–Trinajstić information content (AvgIpc) is 2.79. The quantitative estimate of drug-likeness (QED) is 0.941. The van der Waals surface area contributed by atoms with E-state index in [1.807, 2.05) is 45.0 Å². The van der Waals surface area contributed by atoms with E-state index >= 15 is 0 Å². The molecule has 2 aromatic rings. The summed E-state index contributed by atoms with van der Waals surface area (Å²) in [4.78, 5) is 31.2. The van der Waals surface area contributed by atoms with Crippen molar-refractivity contribution in [3.05, 3.63) is 59.4 Å². The molecule has 2 heterocycles. The largest absolute Gasteiger partial charge is 0.354 e. The van der Waals surface area contributed by atoms with Crippen molar-refractivity contribution >= 4 is 17.5 Å². The number of aryl methyl sites for hydroxylation is 1. The maximum atomic E-state index is 12.9. The molecule has 2 amide bonds. The van der Waals surface area contributed by atoms with E-state index < -0.39 is 0 Å². The van der Waals surface area contributed by atoms with Crippen LogP contribution in [0.15, 0.2) is 42.6 Å². The fraction of sp³-hybridized carbons (Fsp3) is 0.316. The van der Waals surface area contributed by atoms with Gasteiger partial charge in [0, 0.05) is 17.9 Å². The van der Waals surface area contributed by atoms with Crippen LogP contribution in [-0.4, -0.2) is 22.8 Å². The number of rotatable bonds is 4. The van der Waals surface area contributed by atoms with Gasteiger partial charge in [0.2, 0.25) is 5.91 Å². The van der Waals surface area contributed by atoms with Crippen LogP contribution in [-0.2, 0) is 4.79 Å². The zero-order valence-corrected chi connectivity index (χ0v) is 14.1. The second-order valence-corrected chi connectivity index (χ2v) is 6.39. The zero-order valence-electron chi connectivity index (χ0n) is 14.1. The van der Waals surface area contributed by atoms with Crippen LogP contribution in [0.5, 0.6) is 0 Å². The first kappa shape index (κ1) is 16.2. The number of anilines is 1. The van der Waals surface area contributed by atoms with Gasteiger partial charge in [-0.1, -0.05) is 12.1 Å². The normalized spacial score (nSPS) is 16.4. The van der Waals surface area contributed by atoms with E-state index in [9.17, 15) is 9.59 Å². The molecule has 1 atom stereocenters. The van der Waals surface area contributed by atoms with Crippen LogP contribution < -0.4 is 10.2 Å². The molecule has 0 fully saturated rings. The van der Waals surface area contributed by atoms with Crippen LogP contribution in [0.1, 0.15) is 47.9 Å². The van der Waals surface area contributed by atoms with Crippen LogP contribution in [0, 0.1) is 6.92 Å². The molecule has 3 rings (SSSR count). The molecule has 24 heavy (non-hydrogen) atoms. The molecule has 1 aliphatic rings. The Bertz CT molecular complexity index is 786. The summed E-state index contributed by atoms with van der Waals surface area (Å²) in [7, 11) is 0. The standard InChI is InChI=1S/C19H21N3O2/c1-12(2)21-17(23)11-16-18-15(8-5-9-20-18)19(24)22(16)14-7-4-6-13(3)10-14/h4-10,12,16H,11H2,1-3H3,(H,21,23)/t16-/m1/s1. The van der Waals surface area contributed by atoms with Crippen molar-refractivity contribution in [2.24, 2.45) is 0 Å². The molecule has 0 saturated carbocycles. The third-order valence-electron chi connectivity index (χ3n) is 4.02. The third-order valence-corrected chi connectivity index (χ3v) is 4.02. The number of hydrogen-bond donors (Lipinski definition) is 1. The van der Waals surface area contributed by atoms with Crippen molar-refractivity contribution in [2.75, 3.05) is 4.90 Å². The van der Waals surface area contributed by atoms with E-state index in [1.165, 1.54) is 0 Å². The molecule has 0 bridgehead atoms. The van der Waals surface area contributed by atoms with Gasteiger partial charge in [0.25, 0.3) is 5.91 Å². The maximum absolute atomic E-state index is 12.9. The Morgan fingerprint density at radius 2 is 2.08 bits per heavy atom. The SMILES string of the molecule is Cc1cccc(N2C(=O)c3cccnc3[C@H]2CC(=O)NC(C)C)c1. The molecule has 1 aromatic carbocycles. The number of aromatic nitrogens is 1. The minimum Gasteiger partial charge on any atom is -0.354 e. The summed E-state index contributed by atoms with van der Waals surface area (Å²) < 4.78 is 0. The van der Waals surface area contributed by atoms with Gasteiger partial charge in [-0.15, -0.1) is 0 Å². The number of nitrogens with zero attached hydrogens (tertiary/aromatic N) is 2. The molecule has 1 N–H and O–H groups in total. The molecule has 124 valence electrons. The van der Waals surface area contributed by atoms with Crippen molar-refractivity contribution in [3.8, 4) is 0 Å². The maximum Gasteiger partial charge on any atom is 0.260 e. The topological polar surface area (TPSA) is 62.3 Å². The summed E-state index contributed by atoms with van der Waals surface area (Å²) in [6.07, 6.45) is 1.86. The Morgan fingerprint density at radius 1 is 1.29 bits per heavy atom. The molecule has 0 saturated heterocycles. The highest BCUT2D eigenvalue weighted by Crippen LogP contribution is 2.38. The van der Waals surface area contributed by atoms with Gasteiger partial charge in [-0.05, 0) is 50.6 Å². The number of amides is 2. The number of nitrogens with one attached hydrogen (secondary N) is 1. The molecule has 5 nitrogen and oxygen atoms in total. The highest BCUT2D eigenvalue weighted by atomic mass is 16.2. The van der Waals surface area contributed by atoms with Crippen LogP contribution in [0.25, 0.3) is 0 Å². The monoisotopic (exact) mass is 323 g/mol. The lowest BCUT2D eigenvalue weighted by molar-refractivity contribution is -0.121. The van der Waals surface area contributed by atoms with E-state index in [1.54, 1.807) is 23.2 Å². The van der Waals surface area contributed by atoms with Gasteiger partial charge in [-0.3, -0.25) is 19.5 Å². The lowest BCUT2D eigenvalue weighted by atomic mass is 10.1. The van der Waals surface area contributed by atoms with Gasteiger partial charge in [0.1, 0.15) is 0 Å². The molecule has 1 aliphatic heterocycles. The highest BCUT2D eigenvalue weighted by molar-refractivity contribution is 6.11. The van der Waals surface area contributed by atoms with Gasteiger partial charge in [-0.2, -0.15) is 0 Å². The van der Waals surface area contributed by atoms with Crippen molar-refractivity contribution in [2.45, 2.75) is 39.3 Å². The Hall–Kier alpha value is -2.69. The number of pyridine rings is 1. The first-order valence-corrected chi connectivity index (χ1v) is 8.12. The summed E-state index contributed by atoms with van der Waals surface area (Å²) in [6.45, 7) is 5.82. The fourth-order valence-corrected chi connectivity index (χ4v) is 3.08. The van der Waals surface area contributed by atoms with Gasteiger partial charge in [-0.25, -0.2) is 0 Å². The number of benzene rings is 1. The van der Waals surface area contributed by atoms with Crippen LogP contribution in [0.2, 0.25) is 0 Å². The Labute approximate surface area is 141 Å². The second-order valence-electron chi connectivity index (χ2n) is 6.39. The molecule has 5 heteroatoms. The Balaban J connectivity index is 2.00.